The van der Waals surface area contributed by atoms with Gasteiger partial charge in [-0.3, -0.25) is 9.59 Å². The van der Waals surface area contributed by atoms with Crippen LogP contribution < -0.4 is 15.0 Å². The van der Waals surface area contributed by atoms with Gasteiger partial charge < -0.3 is 15.0 Å². The minimum Gasteiger partial charge on any atom is -0.457 e. The van der Waals surface area contributed by atoms with Gasteiger partial charge in [-0.15, -0.1) is 0 Å². The Bertz CT molecular complexity index is 1130. The topological polar surface area (TPSA) is 58.6 Å². The van der Waals surface area contributed by atoms with E-state index in [1.165, 1.54) is 0 Å². The summed E-state index contributed by atoms with van der Waals surface area (Å²) in [6.07, 6.45) is 0.173. The van der Waals surface area contributed by atoms with E-state index in [0.717, 1.165) is 22.6 Å². The number of amides is 2. The fourth-order valence-corrected chi connectivity index (χ4v) is 3.84. The van der Waals surface area contributed by atoms with Crippen LogP contribution >= 0.6 is 11.6 Å². The molecular formula is C25H23ClN2O3. The largest absolute Gasteiger partial charge is 0.457 e. The normalized spacial score (nSPS) is 15.8. The average Bonchev–Trinajstić information content (AvgIpc) is 3.13. The van der Waals surface area contributed by atoms with Crippen molar-refractivity contribution in [2.24, 2.45) is 5.92 Å². The van der Waals surface area contributed by atoms with E-state index in [4.69, 9.17) is 16.3 Å². The summed E-state index contributed by atoms with van der Waals surface area (Å²) in [6, 6.07) is 20.4. The Morgan fingerprint density at radius 2 is 1.77 bits per heavy atom. The van der Waals surface area contributed by atoms with E-state index in [1.54, 1.807) is 35.2 Å². The Hall–Kier alpha value is -3.31. The highest BCUT2D eigenvalue weighted by atomic mass is 35.5. The van der Waals surface area contributed by atoms with Crippen LogP contribution in [0.15, 0.2) is 66.7 Å². The molecule has 1 fully saturated rings. The van der Waals surface area contributed by atoms with Gasteiger partial charge in [-0.05, 0) is 73.5 Å². The van der Waals surface area contributed by atoms with Crippen LogP contribution in [-0.4, -0.2) is 18.4 Å². The van der Waals surface area contributed by atoms with Crippen LogP contribution in [0.5, 0.6) is 11.5 Å². The zero-order valence-electron chi connectivity index (χ0n) is 17.4. The summed E-state index contributed by atoms with van der Waals surface area (Å²) >= 11 is 6.19. The van der Waals surface area contributed by atoms with E-state index >= 15 is 0 Å². The molecule has 6 heteroatoms. The first kappa shape index (κ1) is 20.9. The van der Waals surface area contributed by atoms with Crippen LogP contribution in [0.4, 0.5) is 11.4 Å². The molecule has 0 unspecified atom stereocenters. The minimum atomic E-state index is -0.422. The third kappa shape index (κ3) is 4.72. The molecule has 1 heterocycles. The first-order chi connectivity index (χ1) is 14.9. The summed E-state index contributed by atoms with van der Waals surface area (Å²) in [5.41, 5.74) is 3.37. The maximum Gasteiger partial charge on any atom is 0.229 e. The number of aryl methyl sites for hydroxylation is 1. The predicted molar refractivity (Wildman–Crippen MR) is 123 cm³/mol. The summed E-state index contributed by atoms with van der Waals surface area (Å²) < 4.78 is 5.84. The highest BCUT2D eigenvalue weighted by Gasteiger charge is 2.35. The second kappa shape index (κ2) is 8.82. The van der Waals surface area contributed by atoms with Gasteiger partial charge in [-0.25, -0.2) is 0 Å². The zero-order valence-corrected chi connectivity index (χ0v) is 18.1. The molecule has 0 radical (unpaired) electrons. The van der Waals surface area contributed by atoms with Crippen LogP contribution in [0.1, 0.15) is 17.5 Å². The summed E-state index contributed by atoms with van der Waals surface area (Å²) in [5.74, 6) is 0.768. The van der Waals surface area contributed by atoms with Crippen molar-refractivity contribution in [1.29, 1.82) is 0 Å². The number of ether oxygens (including phenoxy) is 1. The lowest BCUT2D eigenvalue weighted by Crippen LogP contribution is -2.28. The van der Waals surface area contributed by atoms with Gasteiger partial charge in [0, 0.05) is 29.4 Å². The smallest absolute Gasteiger partial charge is 0.229 e. The molecule has 2 amide bonds. The first-order valence-electron chi connectivity index (χ1n) is 10.1. The molecular weight excluding hydrogens is 412 g/mol. The van der Waals surface area contributed by atoms with E-state index in [1.807, 2.05) is 50.2 Å². The van der Waals surface area contributed by atoms with E-state index in [0.29, 0.717) is 23.0 Å². The first-order valence-corrected chi connectivity index (χ1v) is 10.5. The second-order valence-electron chi connectivity index (χ2n) is 7.72. The lowest BCUT2D eigenvalue weighted by atomic mass is 10.1. The maximum absolute atomic E-state index is 12.8. The fourth-order valence-electron chi connectivity index (χ4n) is 3.67. The van der Waals surface area contributed by atoms with Gasteiger partial charge in [0.05, 0.1) is 5.92 Å². The van der Waals surface area contributed by atoms with Gasteiger partial charge in [-0.2, -0.15) is 0 Å². The molecule has 1 saturated heterocycles. The number of rotatable bonds is 5. The van der Waals surface area contributed by atoms with E-state index in [-0.39, 0.29) is 18.2 Å². The van der Waals surface area contributed by atoms with E-state index in [2.05, 4.69) is 5.32 Å². The quantitative estimate of drug-likeness (QED) is 0.557. The number of benzene rings is 3. The number of halogens is 1. The van der Waals surface area contributed by atoms with Crippen molar-refractivity contribution in [2.75, 3.05) is 16.8 Å². The molecule has 4 rings (SSSR count). The molecule has 3 aromatic rings. The molecule has 1 aliphatic rings. The Labute approximate surface area is 186 Å². The molecule has 0 aliphatic carbocycles. The Kier molecular flexibility index (Phi) is 5.96. The summed E-state index contributed by atoms with van der Waals surface area (Å²) in [5, 5.41) is 3.51. The van der Waals surface area contributed by atoms with Crippen LogP contribution in [0.25, 0.3) is 0 Å². The molecule has 0 saturated carbocycles. The van der Waals surface area contributed by atoms with Crippen molar-refractivity contribution >= 4 is 34.8 Å². The lowest BCUT2D eigenvalue weighted by molar-refractivity contribution is -0.122. The number of carbonyl (C=O) groups is 2. The van der Waals surface area contributed by atoms with Crippen molar-refractivity contribution < 1.29 is 14.3 Å². The predicted octanol–water partition coefficient (Wildman–Crippen LogP) is 5.74. The maximum atomic E-state index is 12.8. The van der Waals surface area contributed by atoms with Crippen molar-refractivity contribution in [3.05, 3.63) is 82.9 Å². The molecule has 1 aliphatic heterocycles. The summed E-state index contributed by atoms with van der Waals surface area (Å²) in [4.78, 5) is 26.9. The summed E-state index contributed by atoms with van der Waals surface area (Å²) in [7, 11) is 0. The number of anilines is 2. The monoisotopic (exact) mass is 434 g/mol. The molecule has 158 valence electrons. The minimum absolute atomic E-state index is 0.0765. The van der Waals surface area contributed by atoms with E-state index in [9.17, 15) is 9.59 Å². The molecule has 0 spiro atoms. The molecule has 1 N–H and O–H groups in total. The van der Waals surface area contributed by atoms with Crippen molar-refractivity contribution in [1.82, 2.24) is 0 Å². The van der Waals surface area contributed by atoms with Crippen LogP contribution in [-0.2, 0) is 9.59 Å². The number of nitrogens with zero attached hydrogens (tertiary/aromatic N) is 1. The number of nitrogens with one attached hydrogen (secondary N) is 1. The molecule has 5 nitrogen and oxygen atoms in total. The van der Waals surface area contributed by atoms with E-state index < -0.39 is 5.92 Å². The summed E-state index contributed by atoms with van der Waals surface area (Å²) in [6.45, 7) is 4.22. The van der Waals surface area contributed by atoms with Gasteiger partial charge >= 0.3 is 0 Å². The third-order valence-corrected chi connectivity index (χ3v) is 5.78. The number of hydrogen-bond donors (Lipinski definition) is 1. The Balaban J connectivity index is 1.39. The Morgan fingerprint density at radius 3 is 2.52 bits per heavy atom. The molecule has 31 heavy (non-hydrogen) atoms. The van der Waals surface area contributed by atoms with Gasteiger partial charge in [0.15, 0.2) is 0 Å². The fraction of sp³-hybridized carbons (Fsp3) is 0.200. The highest BCUT2D eigenvalue weighted by Crippen LogP contribution is 2.32. The third-order valence-electron chi connectivity index (χ3n) is 5.37. The van der Waals surface area contributed by atoms with Crippen LogP contribution in [0.3, 0.4) is 0 Å². The van der Waals surface area contributed by atoms with Crippen LogP contribution in [0, 0.1) is 19.8 Å². The Morgan fingerprint density at radius 1 is 1.03 bits per heavy atom. The van der Waals surface area contributed by atoms with Crippen LogP contribution in [0.2, 0.25) is 5.02 Å². The van der Waals surface area contributed by atoms with Gasteiger partial charge in [0.1, 0.15) is 11.5 Å². The van der Waals surface area contributed by atoms with Crippen molar-refractivity contribution in [3.8, 4) is 11.5 Å². The van der Waals surface area contributed by atoms with Gasteiger partial charge in [-0.1, -0.05) is 29.8 Å². The molecule has 0 bridgehead atoms. The molecule has 0 aromatic heterocycles. The average molecular weight is 435 g/mol. The highest BCUT2D eigenvalue weighted by molar-refractivity contribution is 6.31. The number of hydrogen-bond acceptors (Lipinski definition) is 3. The zero-order chi connectivity index (χ0) is 22.0. The van der Waals surface area contributed by atoms with Gasteiger partial charge in [0.25, 0.3) is 0 Å². The van der Waals surface area contributed by atoms with Crippen molar-refractivity contribution in [2.45, 2.75) is 20.3 Å². The standard InChI is InChI=1S/C25H23ClN2O3/c1-16-5-3-6-21(13-16)31-20-11-9-19(10-12-20)27-25(30)18-14-24(29)28(15-18)23-8-4-7-22(26)17(23)2/h3-13,18H,14-15H2,1-2H3,(H,27,30)/t18-/m1/s1. The lowest BCUT2D eigenvalue weighted by Gasteiger charge is -2.19. The molecule has 3 aromatic carbocycles. The van der Waals surface area contributed by atoms with Crippen molar-refractivity contribution in [3.63, 3.8) is 0 Å². The second-order valence-corrected chi connectivity index (χ2v) is 8.13. The molecule has 1 atom stereocenters. The van der Waals surface area contributed by atoms with Gasteiger partial charge in [0.2, 0.25) is 11.8 Å². The number of carbonyl (C=O) groups excluding carboxylic acids is 2. The SMILES string of the molecule is Cc1cccc(Oc2ccc(NC(=O)[C@@H]3CC(=O)N(c4cccc(Cl)c4C)C3)cc2)c1.